The highest BCUT2D eigenvalue weighted by molar-refractivity contribution is 6.32. The quantitative estimate of drug-likeness (QED) is 0.572. The molecule has 0 unspecified atom stereocenters. The van der Waals surface area contributed by atoms with Gasteiger partial charge in [-0.25, -0.2) is 5.10 Å². The molecule has 0 aliphatic heterocycles. The monoisotopic (exact) mass is 251 g/mol. The third-order valence-electron chi connectivity index (χ3n) is 2.13. The largest absolute Gasteiger partial charge is 0.360 e. The van der Waals surface area contributed by atoms with Crippen molar-refractivity contribution in [3.63, 3.8) is 0 Å². The number of aromatic nitrogens is 3. The van der Waals surface area contributed by atoms with Gasteiger partial charge >= 0.3 is 0 Å². The van der Waals surface area contributed by atoms with E-state index in [1.54, 1.807) is 6.20 Å². The Hall–Kier alpha value is -2.08. The summed E-state index contributed by atoms with van der Waals surface area (Å²) in [6, 6.07) is 3.76. The molecule has 0 amide bonds. The van der Waals surface area contributed by atoms with E-state index in [0.29, 0.717) is 5.69 Å². The second-order valence-corrected chi connectivity index (χ2v) is 3.70. The molecule has 0 atom stereocenters. The first kappa shape index (κ1) is 11.4. The smallest absolute Gasteiger partial charge is 0.285 e. The van der Waals surface area contributed by atoms with Crippen molar-refractivity contribution in [2.75, 3.05) is 5.43 Å². The highest BCUT2D eigenvalue weighted by Gasteiger charge is 2.04. The van der Waals surface area contributed by atoms with Gasteiger partial charge in [-0.1, -0.05) is 11.6 Å². The van der Waals surface area contributed by atoms with Crippen LogP contribution in [0.3, 0.4) is 0 Å². The Kier molecular flexibility index (Phi) is 3.24. The molecule has 0 saturated carbocycles. The van der Waals surface area contributed by atoms with Crippen LogP contribution in [0.2, 0.25) is 5.02 Å². The minimum atomic E-state index is -0.454. The molecular weight excluding hydrogens is 242 g/mol. The molecule has 0 saturated heterocycles. The Bertz CT molecular complexity index is 587. The van der Waals surface area contributed by atoms with Gasteiger partial charge in [0.1, 0.15) is 10.7 Å². The van der Waals surface area contributed by atoms with E-state index in [4.69, 9.17) is 11.6 Å². The zero-order valence-corrected chi connectivity index (χ0v) is 9.75. The van der Waals surface area contributed by atoms with Gasteiger partial charge in [-0.2, -0.15) is 10.2 Å². The molecule has 0 radical (unpaired) electrons. The number of rotatable bonds is 3. The predicted molar refractivity (Wildman–Crippen MR) is 66.5 cm³/mol. The SMILES string of the molecule is C/C(=N\Nc1cn[nH]c(=O)c1Cl)c1ccc[nH]1. The van der Waals surface area contributed by atoms with Crippen LogP contribution >= 0.6 is 11.6 Å². The zero-order valence-electron chi connectivity index (χ0n) is 8.99. The number of aromatic amines is 2. The molecule has 7 heteroatoms. The number of hydrogen-bond acceptors (Lipinski definition) is 4. The summed E-state index contributed by atoms with van der Waals surface area (Å²) >= 11 is 5.78. The van der Waals surface area contributed by atoms with E-state index in [0.717, 1.165) is 11.4 Å². The normalized spacial score (nSPS) is 11.5. The Morgan fingerprint density at radius 3 is 3.12 bits per heavy atom. The molecule has 2 heterocycles. The van der Waals surface area contributed by atoms with Crippen LogP contribution in [-0.2, 0) is 0 Å². The Morgan fingerprint density at radius 1 is 1.59 bits per heavy atom. The van der Waals surface area contributed by atoms with Crippen molar-refractivity contribution in [2.45, 2.75) is 6.92 Å². The van der Waals surface area contributed by atoms with Crippen LogP contribution < -0.4 is 11.0 Å². The molecule has 0 bridgehead atoms. The van der Waals surface area contributed by atoms with Crippen molar-refractivity contribution in [3.05, 3.63) is 45.6 Å². The highest BCUT2D eigenvalue weighted by Crippen LogP contribution is 2.14. The van der Waals surface area contributed by atoms with Crippen LogP contribution in [0.15, 0.2) is 34.4 Å². The summed E-state index contributed by atoms with van der Waals surface area (Å²) in [5, 5.41) is 9.97. The highest BCUT2D eigenvalue weighted by atomic mass is 35.5. The summed E-state index contributed by atoms with van der Waals surface area (Å²) in [5.74, 6) is 0. The van der Waals surface area contributed by atoms with E-state index < -0.39 is 5.56 Å². The summed E-state index contributed by atoms with van der Waals surface area (Å²) in [4.78, 5) is 14.2. The fraction of sp³-hybridized carbons (Fsp3) is 0.100. The number of hydrogen-bond donors (Lipinski definition) is 3. The van der Waals surface area contributed by atoms with Crippen molar-refractivity contribution >= 4 is 23.0 Å². The van der Waals surface area contributed by atoms with E-state index in [1.807, 2.05) is 19.1 Å². The molecule has 0 spiro atoms. The lowest BCUT2D eigenvalue weighted by Gasteiger charge is -2.02. The number of nitrogens with one attached hydrogen (secondary N) is 3. The van der Waals surface area contributed by atoms with Gasteiger partial charge in [0.05, 0.1) is 17.6 Å². The van der Waals surface area contributed by atoms with E-state index >= 15 is 0 Å². The standard InChI is InChI=1S/C10H10ClN5O/c1-6(7-3-2-4-12-7)14-15-8-5-13-16-10(17)9(8)11/h2-5,12H,1H3,(H2,15,16,17)/b14-6+. The topological polar surface area (TPSA) is 85.9 Å². The number of anilines is 1. The molecule has 2 rings (SSSR count). The van der Waals surface area contributed by atoms with Crippen LogP contribution in [0.5, 0.6) is 0 Å². The minimum Gasteiger partial charge on any atom is -0.360 e. The third-order valence-corrected chi connectivity index (χ3v) is 2.50. The third kappa shape index (κ3) is 2.54. The molecule has 0 aliphatic rings. The van der Waals surface area contributed by atoms with Crippen LogP contribution in [0.1, 0.15) is 12.6 Å². The van der Waals surface area contributed by atoms with Crippen molar-refractivity contribution in [3.8, 4) is 0 Å². The van der Waals surface area contributed by atoms with Crippen molar-refractivity contribution in [1.29, 1.82) is 0 Å². The van der Waals surface area contributed by atoms with Gasteiger partial charge in [0.15, 0.2) is 0 Å². The summed E-state index contributed by atoms with van der Waals surface area (Å²) in [5.41, 5.74) is 4.23. The maximum atomic E-state index is 11.2. The molecule has 0 aromatic carbocycles. The summed E-state index contributed by atoms with van der Waals surface area (Å²) < 4.78 is 0. The molecular formula is C10H10ClN5O. The fourth-order valence-electron chi connectivity index (χ4n) is 1.22. The van der Waals surface area contributed by atoms with Crippen molar-refractivity contribution < 1.29 is 0 Å². The van der Waals surface area contributed by atoms with Crippen molar-refractivity contribution in [2.24, 2.45) is 5.10 Å². The lowest BCUT2D eigenvalue weighted by Crippen LogP contribution is -2.10. The van der Waals surface area contributed by atoms with Gasteiger partial charge in [0.25, 0.3) is 5.56 Å². The first-order valence-electron chi connectivity index (χ1n) is 4.85. The summed E-state index contributed by atoms with van der Waals surface area (Å²) in [6.07, 6.45) is 3.20. The van der Waals surface area contributed by atoms with E-state index in [1.165, 1.54) is 6.20 Å². The Labute approximate surface area is 102 Å². The predicted octanol–water partition coefficient (Wildman–Crippen LogP) is 1.59. The lowest BCUT2D eigenvalue weighted by molar-refractivity contribution is 0.986. The second kappa shape index (κ2) is 4.84. The first-order chi connectivity index (χ1) is 8.18. The average Bonchev–Trinajstić information content (AvgIpc) is 2.84. The average molecular weight is 252 g/mol. The van der Waals surface area contributed by atoms with Crippen molar-refractivity contribution in [1.82, 2.24) is 15.2 Å². The van der Waals surface area contributed by atoms with E-state index in [2.05, 4.69) is 25.7 Å². The van der Waals surface area contributed by atoms with E-state index in [9.17, 15) is 4.79 Å². The number of halogens is 1. The molecule has 17 heavy (non-hydrogen) atoms. The zero-order chi connectivity index (χ0) is 12.3. The first-order valence-corrected chi connectivity index (χ1v) is 5.23. The number of H-pyrrole nitrogens is 2. The van der Waals surface area contributed by atoms with Crippen LogP contribution in [0.4, 0.5) is 5.69 Å². The van der Waals surface area contributed by atoms with Gasteiger partial charge in [-0.3, -0.25) is 10.2 Å². The Morgan fingerprint density at radius 2 is 2.41 bits per heavy atom. The van der Waals surface area contributed by atoms with Gasteiger partial charge in [-0.05, 0) is 19.1 Å². The molecule has 2 aromatic rings. The molecule has 6 nitrogen and oxygen atoms in total. The van der Waals surface area contributed by atoms with E-state index in [-0.39, 0.29) is 5.02 Å². The summed E-state index contributed by atoms with van der Waals surface area (Å²) in [6.45, 7) is 1.83. The van der Waals surface area contributed by atoms with Crippen LogP contribution in [0.25, 0.3) is 0 Å². The van der Waals surface area contributed by atoms with Gasteiger partial charge in [0.2, 0.25) is 0 Å². The van der Waals surface area contributed by atoms with Crippen LogP contribution in [0, 0.1) is 0 Å². The number of nitrogens with zero attached hydrogens (tertiary/aromatic N) is 2. The fourth-order valence-corrected chi connectivity index (χ4v) is 1.35. The molecule has 2 aromatic heterocycles. The maximum Gasteiger partial charge on any atom is 0.285 e. The molecule has 3 N–H and O–H groups in total. The molecule has 0 aliphatic carbocycles. The Balaban J connectivity index is 2.20. The number of hydrazone groups is 1. The molecule has 88 valence electrons. The van der Waals surface area contributed by atoms with Crippen LogP contribution in [-0.4, -0.2) is 20.9 Å². The maximum absolute atomic E-state index is 11.2. The lowest BCUT2D eigenvalue weighted by atomic mass is 10.3. The van der Waals surface area contributed by atoms with Gasteiger partial charge < -0.3 is 4.98 Å². The second-order valence-electron chi connectivity index (χ2n) is 3.32. The minimum absolute atomic E-state index is 0.0306. The summed E-state index contributed by atoms with van der Waals surface area (Å²) in [7, 11) is 0. The molecule has 0 fully saturated rings. The van der Waals surface area contributed by atoms with Gasteiger partial charge in [-0.15, -0.1) is 0 Å². The van der Waals surface area contributed by atoms with Gasteiger partial charge in [0, 0.05) is 6.20 Å².